The molecule has 1 saturated heterocycles. The van der Waals surface area contributed by atoms with Gasteiger partial charge < -0.3 is 10.2 Å². The summed E-state index contributed by atoms with van der Waals surface area (Å²) >= 11 is 12.3. The van der Waals surface area contributed by atoms with Crippen LogP contribution in [0, 0.1) is 0 Å². The standard InChI is InChI=1S/C17H10ClNO4S2/c18-10-3-1-2-9(6-10)7-14-15(21)19(17(24)25-14)11-4-5-12(16(22)23)13(20)8-11/h1-8,20H,(H,22,23). The molecule has 3 rings (SSSR count). The summed E-state index contributed by atoms with van der Waals surface area (Å²) in [6.07, 6.45) is 1.68. The normalized spacial score (nSPS) is 15.9. The SMILES string of the molecule is O=C(O)c1ccc(N2C(=O)C(=Cc3cccc(Cl)c3)SC2=S)cc1O. The summed E-state index contributed by atoms with van der Waals surface area (Å²) in [5, 5.41) is 19.3. The molecular formula is C17H10ClNO4S2. The number of amides is 1. The summed E-state index contributed by atoms with van der Waals surface area (Å²) in [7, 11) is 0. The first kappa shape index (κ1) is 17.5. The number of benzene rings is 2. The molecule has 1 aliphatic rings. The Labute approximate surface area is 157 Å². The Kier molecular flexibility index (Phi) is 4.80. The lowest BCUT2D eigenvalue weighted by Crippen LogP contribution is -2.27. The quantitative estimate of drug-likeness (QED) is 0.604. The number of anilines is 1. The molecule has 126 valence electrons. The van der Waals surface area contributed by atoms with E-state index in [2.05, 4.69) is 0 Å². The summed E-state index contributed by atoms with van der Waals surface area (Å²) in [5.41, 5.74) is 0.820. The largest absolute Gasteiger partial charge is 0.507 e. The Morgan fingerprint density at radius 2 is 2.00 bits per heavy atom. The Morgan fingerprint density at radius 3 is 2.64 bits per heavy atom. The van der Waals surface area contributed by atoms with E-state index in [-0.39, 0.29) is 11.5 Å². The van der Waals surface area contributed by atoms with Crippen molar-refractivity contribution in [2.75, 3.05) is 4.90 Å². The van der Waals surface area contributed by atoms with Gasteiger partial charge in [-0.05, 0) is 35.9 Å². The van der Waals surface area contributed by atoms with Crippen LogP contribution in [0.2, 0.25) is 5.02 Å². The van der Waals surface area contributed by atoms with Crippen molar-refractivity contribution in [3.8, 4) is 5.75 Å². The average Bonchev–Trinajstić information content (AvgIpc) is 2.81. The molecule has 0 unspecified atom stereocenters. The molecule has 0 aliphatic carbocycles. The van der Waals surface area contributed by atoms with E-state index in [0.29, 0.717) is 19.9 Å². The maximum atomic E-state index is 12.7. The molecule has 0 aromatic heterocycles. The zero-order valence-corrected chi connectivity index (χ0v) is 14.9. The molecule has 0 saturated carbocycles. The molecule has 0 bridgehead atoms. The van der Waals surface area contributed by atoms with Crippen LogP contribution < -0.4 is 4.90 Å². The number of halogens is 1. The maximum absolute atomic E-state index is 12.7. The van der Waals surface area contributed by atoms with Crippen molar-refractivity contribution in [3.63, 3.8) is 0 Å². The number of rotatable bonds is 3. The van der Waals surface area contributed by atoms with Crippen LogP contribution in [0.4, 0.5) is 5.69 Å². The highest BCUT2D eigenvalue weighted by atomic mass is 35.5. The molecule has 0 spiro atoms. The van der Waals surface area contributed by atoms with Crippen molar-refractivity contribution in [1.82, 2.24) is 0 Å². The second kappa shape index (κ2) is 6.87. The summed E-state index contributed by atoms with van der Waals surface area (Å²) in [6.45, 7) is 0. The van der Waals surface area contributed by atoms with E-state index < -0.39 is 11.7 Å². The first-order valence-electron chi connectivity index (χ1n) is 6.96. The summed E-state index contributed by atoms with van der Waals surface area (Å²) in [6, 6.07) is 10.9. The molecule has 25 heavy (non-hydrogen) atoms. The number of hydrogen-bond donors (Lipinski definition) is 2. The highest BCUT2D eigenvalue weighted by Crippen LogP contribution is 2.37. The maximum Gasteiger partial charge on any atom is 0.339 e. The summed E-state index contributed by atoms with van der Waals surface area (Å²) in [4.78, 5) is 25.3. The van der Waals surface area contributed by atoms with Crippen LogP contribution in [0.15, 0.2) is 47.4 Å². The molecule has 1 heterocycles. The van der Waals surface area contributed by atoms with Crippen molar-refractivity contribution < 1.29 is 19.8 Å². The molecule has 0 radical (unpaired) electrons. The zero-order valence-electron chi connectivity index (χ0n) is 12.5. The van der Waals surface area contributed by atoms with Crippen LogP contribution in [0.5, 0.6) is 5.75 Å². The van der Waals surface area contributed by atoms with Gasteiger partial charge in [-0.3, -0.25) is 9.69 Å². The van der Waals surface area contributed by atoms with Gasteiger partial charge in [-0.25, -0.2) is 4.79 Å². The summed E-state index contributed by atoms with van der Waals surface area (Å²) in [5.74, 6) is -2.04. The molecule has 8 heteroatoms. The number of carboxylic acid groups (broad SMARTS) is 1. The van der Waals surface area contributed by atoms with Crippen LogP contribution in [-0.2, 0) is 4.79 Å². The van der Waals surface area contributed by atoms with Gasteiger partial charge in [-0.2, -0.15) is 0 Å². The number of aromatic hydroxyl groups is 1. The first-order valence-corrected chi connectivity index (χ1v) is 8.57. The lowest BCUT2D eigenvalue weighted by molar-refractivity contribution is -0.113. The number of nitrogens with zero attached hydrogens (tertiary/aromatic N) is 1. The van der Waals surface area contributed by atoms with Gasteiger partial charge in [-0.15, -0.1) is 0 Å². The van der Waals surface area contributed by atoms with Gasteiger partial charge in [0.2, 0.25) is 0 Å². The number of carboxylic acids is 1. The molecule has 1 aliphatic heterocycles. The molecule has 2 aromatic rings. The number of carbonyl (C=O) groups excluding carboxylic acids is 1. The van der Waals surface area contributed by atoms with Gasteiger partial charge in [0.15, 0.2) is 4.32 Å². The van der Waals surface area contributed by atoms with E-state index >= 15 is 0 Å². The molecule has 1 amide bonds. The Balaban J connectivity index is 1.94. The number of hydrogen-bond acceptors (Lipinski definition) is 5. The second-order valence-electron chi connectivity index (χ2n) is 5.08. The Bertz CT molecular complexity index is 942. The second-order valence-corrected chi connectivity index (χ2v) is 7.19. The van der Waals surface area contributed by atoms with E-state index in [9.17, 15) is 14.7 Å². The van der Waals surface area contributed by atoms with Crippen LogP contribution >= 0.6 is 35.6 Å². The smallest absolute Gasteiger partial charge is 0.339 e. The predicted molar refractivity (Wildman–Crippen MR) is 102 cm³/mol. The zero-order chi connectivity index (χ0) is 18.1. The molecule has 5 nitrogen and oxygen atoms in total. The van der Waals surface area contributed by atoms with Crippen molar-refractivity contribution in [1.29, 1.82) is 0 Å². The lowest BCUT2D eigenvalue weighted by atomic mass is 10.1. The van der Waals surface area contributed by atoms with Crippen molar-refractivity contribution in [3.05, 3.63) is 63.5 Å². The van der Waals surface area contributed by atoms with E-state index in [1.165, 1.54) is 23.1 Å². The van der Waals surface area contributed by atoms with Gasteiger partial charge >= 0.3 is 5.97 Å². The number of thiocarbonyl (C=S) groups is 1. The number of thioether (sulfide) groups is 1. The number of aromatic carboxylic acids is 1. The predicted octanol–water partition coefficient (Wildman–Crippen LogP) is 4.15. The fraction of sp³-hybridized carbons (Fsp3) is 0. The van der Waals surface area contributed by atoms with Crippen LogP contribution in [0.25, 0.3) is 6.08 Å². The number of carbonyl (C=O) groups is 2. The minimum absolute atomic E-state index is 0.247. The van der Waals surface area contributed by atoms with Crippen molar-refractivity contribution in [2.45, 2.75) is 0 Å². The molecule has 1 fully saturated rings. The Hall–Kier alpha value is -2.35. The minimum Gasteiger partial charge on any atom is -0.507 e. The van der Waals surface area contributed by atoms with Crippen LogP contribution in [0.3, 0.4) is 0 Å². The van der Waals surface area contributed by atoms with Gasteiger partial charge in [0.1, 0.15) is 11.3 Å². The topological polar surface area (TPSA) is 77.8 Å². The minimum atomic E-state index is -1.25. The Morgan fingerprint density at radius 1 is 1.24 bits per heavy atom. The number of phenols is 1. The van der Waals surface area contributed by atoms with Crippen molar-refractivity contribution >= 4 is 63.5 Å². The van der Waals surface area contributed by atoms with E-state index in [0.717, 1.165) is 17.3 Å². The molecule has 2 aromatic carbocycles. The molecule has 0 atom stereocenters. The third-order valence-corrected chi connectivity index (χ3v) is 4.95. The third kappa shape index (κ3) is 3.53. The van der Waals surface area contributed by atoms with Gasteiger partial charge in [0.25, 0.3) is 5.91 Å². The lowest BCUT2D eigenvalue weighted by Gasteiger charge is -2.15. The molecular weight excluding hydrogens is 382 g/mol. The van der Waals surface area contributed by atoms with E-state index in [1.54, 1.807) is 24.3 Å². The van der Waals surface area contributed by atoms with Gasteiger partial charge in [-0.1, -0.05) is 47.7 Å². The summed E-state index contributed by atoms with van der Waals surface area (Å²) < 4.78 is 0.292. The highest BCUT2D eigenvalue weighted by Gasteiger charge is 2.33. The van der Waals surface area contributed by atoms with Crippen LogP contribution in [0.1, 0.15) is 15.9 Å². The van der Waals surface area contributed by atoms with E-state index in [1.807, 2.05) is 6.07 Å². The van der Waals surface area contributed by atoms with E-state index in [4.69, 9.17) is 28.9 Å². The van der Waals surface area contributed by atoms with Gasteiger partial charge in [0.05, 0.1) is 10.6 Å². The fourth-order valence-electron chi connectivity index (χ4n) is 2.28. The monoisotopic (exact) mass is 391 g/mol. The van der Waals surface area contributed by atoms with Crippen LogP contribution in [-0.4, -0.2) is 26.4 Å². The average molecular weight is 392 g/mol. The van der Waals surface area contributed by atoms with Gasteiger partial charge in [0, 0.05) is 11.1 Å². The van der Waals surface area contributed by atoms with Crippen molar-refractivity contribution in [2.24, 2.45) is 0 Å². The fourth-order valence-corrected chi connectivity index (χ4v) is 3.78. The first-order chi connectivity index (χ1) is 11.9. The third-order valence-electron chi connectivity index (χ3n) is 3.41. The molecule has 2 N–H and O–H groups in total. The highest BCUT2D eigenvalue weighted by molar-refractivity contribution is 8.27.